The van der Waals surface area contributed by atoms with Gasteiger partial charge in [0.2, 0.25) is 5.91 Å². The maximum Gasteiger partial charge on any atom is 0.319 e. The number of amides is 3. The average molecular weight is 367 g/mol. The molecule has 1 saturated heterocycles. The fraction of sp³-hybridized carbons (Fsp3) is 0.333. The van der Waals surface area contributed by atoms with Gasteiger partial charge in [0.15, 0.2) is 0 Å². The highest BCUT2D eigenvalue weighted by Gasteiger charge is 2.32. The van der Waals surface area contributed by atoms with Crippen LogP contribution in [0.15, 0.2) is 48.5 Å². The lowest BCUT2D eigenvalue weighted by molar-refractivity contribution is -0.129. The van der Waals surface area contributed by atoms with Crippen molar-refractivity contribution >= 4 is 17.6 Å². The van der Waals surface area contributed by atoms with Crippen molar-refractivity contribution in [2.24, 2.45) is 0 Å². The van der Waals surface area contributed by atoms with E-state index in [1.165, 1.54) is 5.56 Å². The molecule has 0 unspecified atom stereocenters. The van der Waals surface area contributed by atoms with E-state index < -0.39 is 6.04 Å². The van der Waals surface area contributed by atoms with Gasteiger partial charge in [0.1, 0.15) is 11.8 Å². The molecule has 0 bridgehead atoms. The molecule has 0 radical (unpaired) electrons. The highest BCUT2D eigenvalue weighted by atomic mass is 16.5. The van der Waals surface area contributed by atoms with Crippen molar-refractivity contribution in [3.63, 3.8) is 0 Å². The molecular weight excluding hydrogens is 342 g/mol. The topological polar surface area (TPSA) is 70.7 Å². The molecule has 2 aromatic rings. The van der Waals surface area contributed by atoms with Crippen LogP contribution in [0.25, 0.3) is 0 Å². The number of carbonyl (C=O) groups is 2. The summed E-state index contributed by atoms with van der Waals surface area (Å²) in [6.07, 6.45) is 0.612. The first kappa shape index (κ1) is 18.8. The van der Waals surface area contributed by atoms with E-state index in [0.29, 0.717) is 31.8 Å². The lowest BCUT2D eigenvalue weighted by Gasteiger charge is -2.17. The third kappa shape index (κ3) is 5.00. The van der Waals surface area contributed by atoms with E-state index in [1.54, 1.807) is 29.2 Å². The standard InChI is InChI=1S/C21H25N3O3/c1-3-27-18-10-8-17(9-11-18)22-21(26)23-19-12-13-24(20(19)25)14-16-6-4-15(2)5-7-16/h4-11,19H,3,12-14H2,1-2H3,(H2,22,23,26)/t19-/m0/s1. The molecule has 3 rings (SSSR count). The summed E-state index contributed by atoms with van der Waals surface area (Å²) in [7, 11) is 0. The maximum atomic E-state index is 12.5. The number of anilines is 1. The maximum absolute atomic E-state index is 12.5. The number of nitrogens with zero attached hydrogens (tertiary/aromatic N) is 1. The van der Waals surface area contributed by atoms with Gasteiger partial charge in [-0.3, -0.25) is 4.79 Å². The van der Waals surface area contributed by atoms with Crippen molar-refractivity contribution in [2.45, 2.75) is 32.9 Å². The predicted octanol–water partition coefficient (Wildman–Crippen LogP) is 3.32. The van der Waals surface area contributed by atoms with Crippen LogP contribution in [0.2, 0.25) is 0 Å². The number of aryl methyl sites for hydroxylation is 1. The molecule has 1 aliphatic heterocycles. The number of hydrogen-bond donors (Lipinski definition) is 2. The normalized spacial score (nSPS) is 16.3. The van der Waals surface area contributed by atoms with Crippen molar-refractivity contribution in [1.29, 1.82) is 0 Å². The van der Waals surface area contributed by atoms with Crippen molar-refractivity contribution in [1.82, 2.24) is 10.2 Å². The molecule has 3 amide bonds. The Morgan fingerprint density at radius 1 is 1.15 bits per heavy atom. The molecule has 0 aromatic heterocycles. The Hall–Kier alpha value is -3.02. The zero-order valence-electron chi connectivity index (χ0n) is 15.7. The lowest BCUT2D eigenvalue weighted by Crippen LogP contribution is -2.43. The van der Waals surface area contributed by atoms with E-state index >= 15 is 0 Å². The van der Waals surface area contributed by atoms with Crippen LogP contribution >= 0.6 is 0 Å². The van der Waals surface area contributed by atoms with Gasteiger partial charge < -0.3 is 20.3 Å². The minimum atomic E-state index is -0.488. The Labute approximate surface area is 159 Å². The van der Waals surface area contributed by atoms with E-state index in [0.717, 1.165) is 11.3 Å². The van der Waals surface area contributed by atoms with Crippen LogP contribution in [-0.4, -0.2) is 36.0 Å². The van der Waals surface area contributed by atoms with Crippen molar-refractivity contribution in [3.05, 3.63) is 59.7 Å². The molecule has 0 spiro atoms. The lowest BCUT2D eigenvalue weighted by atomic mass is 10.1. The molecule has 0 aliphatic carbocycles. The number of nitrogens with one attached hydrogen (secondary N) is 2. The van der Waals surface area contributed by atoms with Gasteiger partial charge in [0.25, 0.3) is 0 Å². The summed E-state index contributed by atoms with van der Waals surface area (Å²) in [4.78, 5) is 26.5. The first-order valence-corrected chi connectivity index (χ1v) is 9.20. The van der Waals surface area contributed by atoms with Gasteiger partial charge in [0, 0.05) is 18.8 Å². The van der Waals surface area contributed by atoms with Gasteiger partial charge in [-0.1, -0.05) is 29.8 Å². The van der Waals surface area contributed by atoms with Crippen LogP contribution in [-0.2, 0) is 11.3 Å². The summed E-state index contributed by atoms with van der Waals surface area (Å²) in [5, 5.41) is 5.52. The van der Waals surface area contributed by atoms with Crippen LogP contribution in [0, 0.1) is 6.92 Å². The van der Waals surface area contributed by atoms with Crippen LogP contribution in [0.1, 0.15) is 24.5 Å². The second kappa shape index (κ2) is 8.58. The summed E-state index contributed by atoms with van der Waals surface area (Å²) >= 11 is 0. The molecule has 2 aromatic carbocycles. The molecule has 142 valence electrons. The minimum Gasteiger partial charge on any atom is -0.494 e. The summed E-state index contributed by atoms with van der Waals surface area (Å²) in [6, 6.07) is 14.4. The van der Waals surface area contributed by atoms with Crippen molar-refractivity contribution < 1.29 is 14.3 Å². The Morgan fingerprint density at radius 2 is 1.85 bits per heavy atom. The number of urea groups is 1. The quantitative estimate of drug-likeness (QED) is 0.823. The zero-order chi connectivity index (χ0) is 19.2. The average Bonchev–Trinajstić information content (AvgIpc) is 2.99. The minimum absolute atomic E-state index is 0.0441. The number of hydrogen-bond acceptors (Lipinski definition) is 3. The third-order valence-corrected chi connectivity index (χ3v) is 4.52. The molecule has 27 heavy (non-hydrogen) atoms. The largest absolute Gasteiger partial charge is 0.494 e. The first-order valence-electron chi connectivity index (χ1n) is 9.20. The van der Waals surface area contributed by atoms with Gasteiger partial charge in [-0.2, -0.15) is 0 Å². The monoisotopic (exact) mass is 367 g/mol. The molecule has 1 heterocycles. The Balaban J connectivity index is 1.51. The third-order valence-electron chi connectivity index (χ3n) is 4.52. The Bertz CT molecular complexity index is 787. The molecule has 1 atom stereocenters. The number of ether oxygens (including phenoxy) is 1. The molecule has 0 saturated carbocycles. The Morgan fingerprint density at radius 3 is 2.52 bits per heavy atom. The van der Waals surface area contributed by atoms with E-state index in [9.17, 15) is 9.59 Å². The molecule has 1 aliphatic rings. The fourth-order valence-corrected chi connectivity index (χ4v) is 3.07. The highest BCUT2D eigenvalue weighted by Crippen LogP contribution is 2.17. The highest BCUT2D eigenvalue weighted by molar-refractivity contribution is 5.94. The van der Waals surface area contributed by atoms with Crippen LogP contribution < -0.4 is 15.4 Å². The van der Waals surface area contributed by atoms with Gasteiger partial charge in [0.05, 0.1) is 6.61 Å². The van der Waals surface area contributed by atoms with Gasteiger partial charge in [-0.25, -0.2) is 4.79 Å². The Kier molecular flexibility index (Phi) is 5.96. The van der Waals surface area contributed by atoms with Gasteiger partial charge in [-0.15, -0.1) is 0 Å². The fourth-order valence-electron chi connectivity index (χ4n) is 3.07. The van der Waals surface area contributed by atoms with Crippen LogP contribution in [0.5, 0.6) is 5.75 Å². The van der Waals surface area contributed by atoms with E-state index in [2.05, 4.69) is 10.6 Å². The summed E-state index contributed by atoms with van der Waals surface area (Å²) in [5.74, 6) is 0.707. The number of carbonyl (C=O) groups excluding carboxylic acids is 2. The van der Waals surface area contributed by atoms with E-state index in [-0.39, 0.29) is 11.9 Å². The smallest absolute Gasteiger partial charge is 0.319 e. The summed E-state index contributed by atoms with van der Waals surface area (Å²) in [5.41, 5.74) is 2.93. The van der Waals surface area contributed by atoms with Crippen LogP contribution in [0.4, 0.5) is 10.5 Å². The summed E-state index contributed by atoms with van der Waals surface area (Å²) in [6.45, 7) is 5.75. The van der Waals surface area contributed by atoms with Crippen molar-refractivity contribution in [2.75, 3.05) is 18.5 Å². The molecular formula is C21H25N3O3. The van der Waals surface area contributed by atoms with Crippen LogP contribution in [0.3, 0.4) is 0 Å². The van der Waals surface area contributed by atoms with Crippen molar-refractivity contribution in [3.8, 4) is 5.75 Å². The number of benzene rings is 2. The molecule has 1 fully saturated rings. The molecule has 2 N–H and O–H groups in total. The van der Waals surface area contributed by atoms with Gasteiger partial charge >= 0.3 is 6.03 Å². The number of rotatable bonds is 6. The molecule has 6 nitrogen and oxygen atoms in total. The van der Waals surface area contributed by atoms with E-state index in [4.69, 9.17) is 4.74 Å². The first-order chi connectivity index (χ1) is 13.0. The second-order valence-corrected chi connectivity index (χ2v) is 6.64. The number of likely N-dealkylation sites (tertiary alicyclic amines) is 1. The summed E-state index contributed by atoms with van der Waals surface area (Å²) < 4.78 is 5.38. The van der Waals surface area contributed by atoms with E-state index in [1.807, 2.05) is 38.1 Å². The second-order valence-electron chi connectivity index (χ2n) is 6.64. The molecule has 6 heteroatoms. The zero-order valence-corrected chi connectivity index (χ0v) is 15.7. The predicted molar refractivity (Wildman–Crippen MR) is 105 cm³/mol. The van der Waals surface area contributed by atoms with Gasteiger partial charge in [-0.05, 0) is 50.1 Å². The SMILES string of the molecule is CCOc1ccc(NC(=O)N[C@H]2CCN(Cc3ccc(C)cc3)C2=O)cc1.